The Morgan fingerprint density at radius 2 is 1.36 bits per heavy atom. The van der Waals surface area contributed by atoms with E-state index in [1.807, 2.05) is 0 Å². The fourth-order valence-corrected chi connectivity index (χ4v) is 2.04. The molecule has 0 amide bonds. The van der Waals surface area contributed by atoms with Gasteiger partial charge in [-0.15, -0.1) is 0 Å². The first-order valence-electron chi connectivity index (χ1n) is 7.40. The van der Waals surface area contributed by atoms with E-state index in [1.165, 1.54) is 0 Å². The fourth-order valence-electron chi connectivity index (χ4n) is 2.04. The summed E-state index contributed by atoms with van der Waals surface area (Å²) in [6, 6.07) is 0. The highest BCUT2D eigenvalue weighted by molar-refractivity contribution is 5.91. The van der Waals surface area contributed by atoms with Crippen LogP contribution in [0.5, 0.6) is 0 Å². The van der Waals surface area contributed by atoms with Crippen molar-refractivity contribution in [3.05, 3.63) is 12.2 Å². The average Bonchev–Trinajstić information content (AvgIpc) is 2.58. The predicted molar refractivity (Wildman–Crippen MR) is 76.3 cm³/mol. The number of carbonyl (C=O) groups is 2. The van der Waals surface area contributed by atoms with Crippen molar-refractivity contribution >= 4 is 11.9 Å². The van der Waals surface area contributed by atoms with E-state index in [9.17, 15) is 9.59 Å². The van der Waals surface area contributed by atoms with Crippen molar-refractivity contribution in [1.82, 2.24) is 10.6 Å². The van der Waals surface area contributed by atoms with Crippen LogP contribution in [0.15, 0.2) is 12.2 Å². The minimum atomic E-state index is -0.596. The molecule has 2 atom stereocenters. The molecule has 2 rings (SSSR count). The van der Waals surface area contributed by atoms with E-state index in [1.54, 1.807) is 0 Å². The lowest BCUT2D eigenvalue weighted by Gasteiger charge is -2.23. The third-order valence-electron chi connectivity index (χ3n) is 3.19. The van der Waals surface area contributed by atoms with Crippen LogP contribution in [0.25, 0.3) is 0 Å². The van der Waals surface area contributed by atoms with Gasteiger partial charge in [0.15, 0.2) is 0 Å². The molecule has 0 unspecified atom stereocenters. The number of rotatable bonds is 6. The van der Waals surface area contributed by atoms with Gasteiger partial charge in [0.05, 0.1) is 13.2 Å². The molecule has 2 N–H and O–H groups in total. The Bertz CT molecular complexity index is 353. The number of nitrogens with one attached hydrogen (secondary N) is 2. The predicted octanol–water partition coefficient (Wildman–Crippen LogP) is -1.39. The van der Waals surface area contributed by atoms with E-state index in [-0.39, 0.29) is 25.4 Å². The second kappa shape index (κ2) is 9.52. The first-order chi connectivity index (χ1) is 10.7. The van der Waals surface area contributed by atoms with Crippen LogP contribution in [0.2, 0.25) is 0 Å². The Balaban J connectivity index is 1.58. The zero-order valence-electron chi connectivity index (χ0n) is 12.4. The van der Waals surface area contributed by atoms with E-state index < -0.39 is 11.9 Å². The summed E-state index contributed by atoms with van der Waals surface area (Å²) in [5, 5.41) is 6.26. The molecule has 0 aliphatic carbocycles. The van der Waals surface area contributed by atoms with Crippen LogP contribution in [0.4, 0.5) is 0 Å². The van der Waals surface area contributed by atoms with E-state index in [2.05, 4.69) is 10.6 Å². The number of hydrogen-bond acceptors (Lipinski definition) is 8. The highest BCUT2D eigenvalue weighted by Crippen LogP contribution is 1.99. The zero-order chi connectivity index (χ0) is 15.6. The Kier molecular flexibility index (Phi) is 7.31. The number of morpholine rings is 2. The van der Waals surface area contributed by atoms with Gasteiger partial charge in [0.2, 0.25) is 0 Å². The molecule has 0 saturated carbocycles. The van der Waals surface area contributed by atoms with Crippen molar-refractivity contribution in [1.29, 1.82) is 0 Å². The van der Waals surface area contributed by atoms with Gasteiger partial charge in [-0.2, -0.15) is 0 Å². The van der Waals surface area contributed by atoms with Crippen LogP contribution in [0.3, 0.4) is 0 Å². The smallest absolute Gasteiger partial charge is 0.331 e. The summed E-state index contributed by atoms with van der Waals surface area (Å²) in [5.41, 5.74) is 0. The van der Waals surface area contributed by atoms with Gasteiger partial charge in [0.1, 0.15) is 25.4 Å². The van der Waals surface area contributed by atoms with Gasteiger partial charge in [-0.1, -0.05) is 0 Å². The Morgan fingerprint density at radius 1 is 0.909 bits per heavy atom. The highest BCUT2D eigenvalue weighted by Gasteiger charge is 2.16. The summed E-state index contributed by atoms with van der Waals surface area (Å²) in [4.78, 5) is 22.9. The van der Waals surface area contributed by atoms with Gasteiger partial charge in [-0.25, -0.2) is 9.59 Å². The normalized spacial score (nSPS) is 25.8. The van der Waals surface area contributed by atoms with Crippen LogP contribution >= 0.6 is 0 Å². The fraction of sp³-hybridized carbons (Fsp3) is 0.714. The molecular weight excluding hydrogens is 292 g/mol. The second-order valence-electron chi connectivity index (χ2n) is 4.99. The summed E-state index contributed by atoms with van der Waals surface area (Å²) in [6.45, 7) is 4.42. The molecule has 0 bridgehead atoms. The summed E-state index contributed by atoms with van der Waals surface area (Å²) in [6.07, 6.45) is 1.82. The minimum absolute atomic E-state index is 0.144. The van der Waals surface area contributed by atoms with E-state index in [0.29, 0.717) is 26.3 Å². The van der Waals surface area contributed by atoms with Crippen molar-refractivity contribution in [3.63, 3.8) is 0 Å². The Hall–Kier alpha value is -1.48. The van der Waals surface area contributed by atoms with Gasteiger partial charge in [0, 0.05) is 38.3 Å². The topological polar surface area (TPSA) is 95.1 Å². The summed E-state index contributed by atoms with van der Waals surface area (Å²) >= 11 is 0. The maximum absolute atomic E-state index is 11.5. The first-order valence-corrected chi connectivity index (χ1v) is 7.40. The largest absolute Gasteiger partial charge is 0.460 e. The van der Waals surface area contributed by atoms with Crippen LogP contribution in [-0.2, 0) is 28.5 Å². The van der Waals surface area contributed by atoms with Crippen LogP contribution in [-0.4, -0.2) is 76.8 Å². The molecule has 2 aliphatic heterocycles. The molecule has 0 spiro atoms. The Morgan fingerprint density at radius 3 is 1.73 bits per heavy atom. The minimum Gasteiger partial charge on any atom is -0.460 e. The van der Waals surface area contributed by atoms with Crippen LogP contribution in [0.1, 0.15) is 0 Å². The SMILES string of the molecule is O=C(/C=C/C(=O)OC[C@H]1CNCCO1)OC[C@H]1CNCCO1. The molecule has 8 heteroatoms. The van der Waals surface area contributed by atoms with Gasteiger partial charge in [0.25, 0.3) is 0 Å². The molecule has 22 heavy (non-hydrogen) atoms. The average molecular weight is 314 g/mol. The molecule has 0 aromatic carbocycles. The van der Waals surface area contributed by atoms with Gasteiger partial charge in [-0.3, -0.25) is 0 Å². The molecule has 0 radical (unpaired) electrons. The lowest BCUT2D eigenvalue weighted by molar-refractivity contribution is -0.145. The second-order valence-corrected chi connectivity index (χ2v) is 4.99. The van der Waals surface area contributed by atoms with Gasteiger partial charge >= 0.3 is 11.9 Å². The number of carbonyl (C=O) groups excluding carboxylic acids is 2. The molecule has 2 fully saturated rings. The third-order valence-corrected chi connectivity index (χ3v) is 3.19. The lowest BCUT2D eigenvalue weighted by Crippen LogP contribution is -2.41. The molecule has 2 heterocycles. The molecule has 8 nitrogen and oxygen atoms in total. The molecule has 0 aromatic rings. The van der Waals surface area contributed by atoms with Gasteiger partial charge in [-0.05, 0) is 0 Å². The molecular formula is C14H22N2O6. The van der Waals surface area contributed by atoms with Crippen LogP contribution in [0, 0.1) is 0 Å². The number of hydrogen-bond donors (Lipinski definition) is 2. The quantitative estimate of drug-likeness (QED) is 0.457. The number of ether oxygens (including phenoxy) is 4. The maximum Gasteiger partial charge on any atom is 0.331 e. The molecule has 2 aliphatic rings. The maximum atomic E-state index is 11.5. The molecule has 124 valence electrons. The standard InChI is InChI=1S/C14H22N2O6/c17-13(21-9-11-7-15-3-5-19-11)1-2-14(18)22-10-12-8-16-4-6-20-12/h1-2,11-12,15-16H,3-10H2/b2-1+/t11-,12-/m1/s1. The number of esters is 2. The third kappa shape index (κ3) is 6.52. The van der Waals surface area contributed by atoms with Crippen molar-refractivity contribution in [3.8, 4) is 0 Å². The van der Waals surface area contributed by atoms with E-state index in [4.69, 9.17) is 18.9 Å². The molecule has 2 saturated heterocycles. The lowest BCUT2D eigenvalue weighted by atomic mass is 10.3. The first kappa shape index (κ1) is 16.9. The monoisotopic (exact) mass is 314 g/mol. The molecule has 0 aromatic heterocycles. The summed E-state index contributed by atoms with van der Waals surface area (Å²) in [5.74, 6) is -1.19. The van der Waals surface area contributed by atoms with Crippen molar-refractivity contribution in [2.45, 2.75) is 12.2 Å². The summed E-state index contributed by atoms with van der Waals surface area (Å²) in [7, 11) is 0. The van der Waals surface area contributed by atoms with Gasteiger partial charge < -0.3 is 29.6 Å². The van der Waals surface area contributed by atoms with Crippen molar-refractivity contribution < 1.29 is 28.5 Å². The van der Waals surface area contributed by atoms with Crippen molar-refractivity contribution in [2.24, 2.45) is 0 Å². The van der Waals surface area contributed by atoms with Crippen molar-refractivity contribution in [2.75, 3.05) is 52.6 Å². The van der Waals surface area contributed by atoms with E-state index in [0.717, 1.165) is 25.2 Å². The van der Waals surface area contributed by atoms with E-state index >= 15 is 0 Å². The Labute approximate surface area is 129 Å². The zero-order valence-corrected chi connectivity index (χ0v) is 12.4. The van der Waals surface area contributed by atoms with Crippen LogP contribution < -0.4 is 10.6 Å². The summed E-state index contributed by atoms with van der Waals surface area (Å²) < 4.78 is 20.8. The highest BCUT2D eigenvalue weighted by atomic mass is 16.6.